The maximum atomic E-state index is 5.75. The van der Waals surface area contributed by atoms with Crippen LogP contribution in [0.4, 0.5) is 0 Å². The van der Waals surface area contributed by atoms with Crippen LogP contribution in [0.2, 0.25) is 10.0 Å². The molecule has 0 aliphatic rings. The lowest BCUT2D eigenvalue weighted by Crippen LogP contribution is -1.83. The van der Waals surface area contributed by atoms with Gasteiger partial charge in [-0.2, -0.15) is 0 Å². The summed E-state index contributed by atoms with van der Waals surface area (Å²) < 4.78 is 0. The molecule has 1 aromatic carbocycles. The first-order valence-corrected chi connectivity index (χ1v) is 4.33. The molecule has 1 rings (SSSR count). The van der Waals surface area contributed by atoms with Crippen molar-refractivity contribution in [2.45, 2.75) is 6.42 Å². The fraction of sp³-hybridized carbons (Fsp3) is 0.125. The highest BCUT2D eigenvalue weighted by Crippen LogP contribution is 2.18. The summed E-state index contributed by atoms with van der Waals surface area (Å²) in [5.74, 6) is 0. The molecule has 0 nitrogen and oxygen atoms in total. The number of rotatable bonds is 2. The molecule has 0 heterocycles. The van der Waals surface area contributed by atoms with Gasteiger partial charge in [-0.15, -0.1) is 0 Å². The van der Waals surface area contributed by atoms with Gasteiger partial charge in [0.2, 0.25) is 0 Å². The number of halogens is 2. The second-order valence-electron chi connectivity index (χ2n) is 2.15. The average molecular weight is 205 g/mol. The third-order valence-electron chi connectivity index (χ3n) is 1.24. The Balaban J connectivity index is 2.98. The van der Waals surface area contributed by atoms with Crippen LogP contribution in [0.15, 0.2) is 18.2 Å². The van der Waals surface area contributed by atoms with E-state index >= 15 is 0 Å². The summed E-state index contributed by atoms with van der Waals surface area (Å²) >= 11 is 16.2. The average Bonchev–Trinajstić information content (AvgIpc) is 1.85. The van der Waals surface area contributed by atoms with Crippen LogP contribution in [0.3, 0.4) is 0 Å². The van der Waals surface area contributed by atoms with Gasteiger partial charge in [0.15, 0.2) is 0 Å². The van der Waals surface area contributed by atoms with Crippen LogP contribution in [0.5, 0.6) is 0 Å². The van der Waals surface area contributed by atoms with Crippen LogP contribution in [-0.4, -0.2) is 5.37 Å². The zero-order chi connectivity index (χ0) is 8.27. The predicted molar refractivity (Wildman–Crippen MR) is 53.8 cm³/mol. The van der Waals surface area contributed by atoms with Gasteiger partial charge >= 0.3 is 0 Å². The first-order chi connectivity index (χ1) is 5.22. The van der Waals surface area contributed by atoms with Crippen molar-refractivity contribution in [2.75, 3.05) is 0 Å². The molecular weight excluding hydrogens is 199 g/mol. The zero-order valence-corrected chi connectivity index (χ0v) is 8.01. The third-order valence-corrected chi connectivity index (χ3v) is 1.84. The Morgan fingerprint density at radius 3 is 2.18 bits per heavy atom. The lowest BCUT2D eigenvalue weighted by atomic mass is 10.2. The van der Waals surface area contributed by atoms with Gasteiger partial charge < -0.3 is 0 Å². The molecular formula is C8H6Cl2S. The van der Waals surface area contributed by atoms with Gasteiger partial charge in [0, 0.05) is 16.5 Å². The second kappa shape index (κ2) is 4.05. The van der Waals surface area contributed by atoms with Crippen molar-refractivity contribution < 1.29 is 0 Å². The highest BCUT2D eigenvalue weighted by atomic mass is 35.5. The van der Waals surface area contributed by atoms with E-state index in [0.29, 0.717) is 10.0 Å². The molecule has 0 saturated heterocycles. The molecule has 11 heavy (non-hydrogen) atoms. The first-order valence-electron chi connectivity index (χ1n) is 3.11. The molecule has 0 atom stereocenters. The van der Waals surface area contributed by atoms with Gasteiger partial charge in [-0.25, -0.2) is 0 Å². The Kier molecular flexibility index (Phi) is 3.31. The Morgan fingerprint density at radius 1 is 1.18 bits per heavy atom. The van der Waals surface area contributed by atoms with E-state index in [4.69, 9.17) is 35.4 Å². The van der Waals surface area contributed by atoms with Gasteiger partial charge in [0.1, 0.15) is 0 Å². The van der Waals surface area contributed by atoms with Crippen molar-refractivity contribution in [2.24, 2.45) is 0 Å². The molecule has 0 bridgehead atoms. The fourth-order valence-corrected chi connectivity index (χ4v) is 1.59. The predicted octanol–water partition coefficient (Wildman–Crippen LogP) is 3.54. The van der Waals surface area contributed by atoms with E-state index in [1.807, 2.05) is 12.1 Å². The van der Waals surface area contributed by atoms with Crippen LogP contribution in [0.25, 0.3) is 0 Å². The lowest BCUT2D eigenvalue weighted by Gasteiger charge is -1.97. The van der Waals surface area contributed by atoms with E-state index in [-0.39, 0.29) is 0 Å². The van der Waals surface area contributed by atoms with Crippen LogP contribution in [0, 0.1) is 0 Å². The lowest BCUT2D eigenvalue weighted by molar-refractivity contribution is 1.38. The quantitative estimate of drug-likeness (QED) is 0.665. The summed E-state index contributed by atoms with van der Waals surface area (Å²) in [6, 6.07) is 5.42. The van der Waals surface area contributed by atoms with E-state index in [9.17, 15) is 0 Å². The molecule has 3 heteroatoms. The van der Waals surface area contributed by atoms with Crippen LogP contribution in [-0.2, 0) is 6.42 Å². The molecule has 0 fully saturated rings. The molecule has 0 aliphatic carbocycles. The first kappa shape index (κ1) is 8.98. The summed E-state index contributed by atoms with van der Waals surface area (Å²) in [4.78, 5) is 0. The second-order valence-corrected chi connectivity index (χ2v) is 3.35. The molecule has 0 spiro atoms. The van der Waals surface area contributed by atoms with Crippen molar-refractivity contribution in [3.8, 4) is 0 Å². The SMILES string of the molecule is S=CCc1cc(Cl)cc(Cl)c1. The van der Waals surface area contributed by atoms with Crippen molar-refractivity contribution >= 4 is 40.8 Å². The highest BCUT2D eigenvalue weighted by molar-refractivity contribution is 7.78. The molecule has 0 amide bonds. The summed E-state index contributed by atoms with van der Waals surface area (Å²) in [5, 5.41) is 2.97. The number of thiocarbonyl (C=S) groups is 1. The molecule has 0 unspecified atom stereocenters. The maximum absolute atomic E-state index is 5.75. The largest absolute Gasteiger partial charge is 0.0931 e. The maximum Gasteiger partial charge on any atom is 0.0423 e. The Morgan fingerprint density at radius 2 is 1.73 bits per heavy atom. The fourth-order valence-electron chi connectivity index (χ4n) is 0.825. The number of benzene rings is 1. The van der Waals surface area contributed by atoms with E-state index in [1.165, 1.54) is 0 Å². The van der Waals surface area contributed by atoms with Gasteiger partial charge in [-0.1, -0.05) is 35.4 Å². The van der Waals surface area contributed by atoms with Crippen molar-refractivity contribution in [3.05, 3.63) is 33.8 Å². The minimum Gasteiger partial charge on any atom is -0.0931 e. The third kappa shape index (κ3) is 2.78. The number of hydrogen-bond acceptors (Lipinski definition) is 1. The smallest absolute Gasteiger partial charge is 0.0423 e. The Bertz CT molecular complexity index is 251. The summed E-state index contributed by atoms with van der Waals surface area (Å²) in [7, 11) is 0. The van der Waals surface area contributed by atoms with E-state index < -0.39 is 0 Å². The van der Waals surface area contributed by atoms with Crippen molar-refractivity contribution in [1.29, 1.82) is 0 Å². The summed E-state index contributed by atoms with van der Waals surface area (Å²) in [5.41, 5.74) is 1.05. The van der Waals surface area contributed by atoms with E-state index in [0.717, 1.165) is 12.0 Å². The minimum absolute atomic E-state index is 0.657. The normalized spacial score (nSPS) is 9.64. The van der Waals surface area contributed by atoms with Crippen molar-refractivity contribution in [3.63, 3.8) is 0 Å². The molecule has 0 radical (unpaired) electrons. The Hall–Kier alpha value is -0.110. The van der Waals surface area contributed by atoms with Gasteiger partial charge in [-0.05, 0) is 29.1 Å². The van der Waals surface area contributed by atoms with Crippen LogP contribution < -0.4 is 0 Å². The summed E-state index contributed by atoms with van der Waals surface area (Å²) in [6.07, 6.45) is 0.732. The Labute approximate surface area is 81.1 Å². The van der Waals surface area contributed by atoms with Crippen LogP contribution >= 0.6 is 35.4 Å². The molecule has 0 saturated carbocycles. The van der Waals surface area contributed by atoms with Crippen molar-refractivity contribution in [1.82, 2.24) is 0 Å². The van der Waals surface area contributed by atoms with Gasteiger partial charge in [0.25, 0.3) is 0 Å². The zero-order valence-electron chi connectivity index (χ0n) is 5.68. The molecule has 0 aliphatic heterocycles. The monoisotopic (exact) mass is 204 g/mol. The highest BCUT2D eigenvalue weighted by Gasteiger charge is 1.95. The van der Waals surface area contributed by atoms with Gasteiger partial charge in [-0.3, -0.25) is 0 Å². The minimum atomic E-state index is 0.657. The molecule has 1 aromatic rings. The van der Waals surface area contributed by atoms with Gasteiger partial charge in [0.05, 0.1) is 0 Å². The molecule has 0 N–H and O–H groups in total. The topological polar surface area (TPSA) is 0 Å². The van der Waals surface area contributed by atoms with E-state index in [1.54, 1.807) is 11.4 Å². The summed E-state index contributed by atoms with van der Waals surface area (Å²) in [6.45, 7) is 0. The van der Waals surface area contributed by atoms with Crippen LogP contribution in [0.1, 0.15) is 5.56 Å². The number of hydrogen-bond donors (Lipinski definition) is 0. The molecule has 58 valence electrons. The molecule has 0 aromatic heterocycles. The van der Waals surface area contributed by atoms with E-state index in [2.05, 4.69) is 0 Å². The standard InChI is InChI=1S/C8H6Cl2S/c9-7-3-6(1-2-11)4-8(10)5-7/h2-5H,1H2.